The first-order valence-electron chi connectivity index (χ1n) is 12.3. The third-order valence-electron chi connectivity index (χ3n) is 6.20. The summed E-state index contributed by atoms with van der Waals surface area (Å²) < 4.78 is 3.77. The maximum Gasteiger partial charge on any atom is 0.252 e. The molecule has 0 atom stereocenters. The molecule has 3 heterocycles. The van der Waals surface area contributed by atoms with Crippen molar-refractivity contribution in [3.05, 3.63) is 65.9 Å². The minimum atomic E-state index is -0.166. The van der Waals surface area contributed by atoms with Crippen LogP contribution in [0.2, 0.25) is 0 Å². The quantitative estimate of drug-likeness (QED) is 0.365. The number of nitrogens with zero attached hydrogens (tertiary/aromatic N) is 6. The van der Waals surface area contributed by atoms with Crippen LogP contribution < -0.4 is 5.32 Å². The average Bonchev–Trinajstić information content (AvgIpc) is 3.46. The van der Waals surface area contributed by atoms with E-state index in [0.29, 0.717) is 17.8 Å². The number of aryl methyl sites for hydroxylation is 1. The van der Waals surface area contributed by atoms with E-state index in [1.807, 2.05) is 28.6 Å². The molecule has 35 heavy (non-hydrogen) atoms. The second kappa shape index (κ2) is 10.8. The van der Waals surface area contributed by atoms with Crippen LogP contribution >= 0.6 is 0 Å². The van der Waals surface area contributed by atoms with Gasteiger partial charge in [-0.15, -0.1) is 0 Å². The summed E-state index contributed by atoms with van der Waals surface area (Å²) in [6.45, 7) is 8.63. The van der Waals surface area contributed by atoms with Crippen molar-refractivity contribution >= 4 is 16.9 Å². The minimum absolute atomic E-state index is 0.122. The van der Waals surface area contributed by atoms with Gasteiger partial charge in [-0.05, 0) is 51.6 Å². The molecule has 8 nitrogen and oxygen atoms in total. The van der Waals surface area contributed by atoms with Crippen molar-refractivity contribution in [1.82, 2.24) is 34.5 Å². The zero-order valence-electron chi connectivity index (χ0n) is 21.3. The standard InChI is InChI=1S/C27H35N7O/c1-6-7-12-32(4)18-20-9-8-10-21(14-20)24-15-22(23-16-30-34(19(2)3)26(23)31-24)27(35)29-17-25-28-11-13-33(25)5/h8-11,13-16,19H,6-7,12,17-18H2,1-5H3,(H,29,35). The van der Waals surface area contributed by atoms with Crippen LogP contribution in [-0.2, 0) is 20.1 Å². The Bertz CT molecular complexity index is 1300. The maximum atomic E-state index is 13.3. The molecule has 0 unspecified atom stereocenters. The highest BCUT2D eigenvalue weighted by atomic mass is 16.1. The van der Waals surface area contributed by atoms with Crippen molar-refractivity contribution in [3.8, 4) is 11.3 Å². The fourth-order valence-corrected chi connectivity index (χ4v) is 4.20. The van der Waals surface area contributed by atoms with E-state index in [0.717, 1.165) is 35.6 Å². The number of amides is 1. The van der Waals surface area contributed by atoms with E-state index < -0.39 is 0 Å². The number of aromatic nitrogens is 5. The van der Waals surface area contributed by atoms with Crippen molar-refractivity contribution in [2.45, 2.75) is 52.7 Å². The molecule has 4 aromatic rings. The molecule has 0 aliphatic carbocycles. The zero-order chi connectivity index (χ0) is 24.9. The second-order valence-corrected chi connectivity index (χ2v) is 9.40. The van der Waals surface area contributed by atoms with Crippen LogP contribution in [-0.4, -0.2) is 48.7 Å². The van der Waals surface area contributed by atoms with E-state index in [1.165, 1.54) is 18.4 Å². The van der Waals surface area contributed by atoms with Gasteiger partial charge < -0.3 is 14.8 Å². The van der Waals surface area contributed by atoms with Crippen LogP contribution in [0.5, 0.6) is 0 Å². The molecule has 3 aromatic heterocycles. The number of carbonyl (C=O) groups is 1. The molecule has 1 aromatic carbocycles. The van der Waals surface area contributed by atoms with Gasteiger partial charge in [0.15, 0.2) is 5.65 Å². The average molecular weight is 474 g/mol. The summed E-state index contributed by atoms with van der Waals surface area (Å²) in [4.78, 5) is 24.9. The van der Waals surface area contributed by atoms with Crippen LogP contribution in [0.15, 0.2) is 48.9 Å². The maximum absolute atomic E-state index is 13.3. The zero-order valence-corrected chi connectivity index (χ0v) is 21.3. The normalized spacial score (nSPS) is 11.6. The van der Waals surface area contributed by atoms with E-state index in [4.69, 9.17) is 4.98 Å². The van der Waals surface area contributed by atoms with Crippen molar-refractivity contribution in [1.29, 1.82) is 0 Å². The van der Waals surface area contributed by atoms with Crippen LogP contribution in [0.25, 0.3) is 22.3 Å². The third-order valence-corrected chi connectivity index (χ3v) is 6.20. The minimum Gasteiger partial charge on any atom is -0.345 e. The van der Waals surface area contributed by atoms with E-state index in [2.05, 4.69) is 72.4 Å². The largest absolute Gasteiger partial charge is 0.345 e. The molecule has 4 rings (SSSR count). The van der Waals surface area contributed by atoms with Gasteiger partial charge >= 0.3 is 0 Å². The highest BCUT2D eigenvalue weighted by Gasteiger charge is 2.19. The molecule has 184 valence electrons. The number of unbranched alkanes of at least 4 members (excludes halogenated alkanes) is 1. The second-order valence-electron chi connectivity index (χ2n) is 9.40. The molecular formula is C27H35N7O. The predicted octanol–water partition coefficient (Wildman–Crippen LogP) is 4.57. The summed E-state index contributed by atoms with van der Waals surface area (Å²) in [7, 11) is 4.06. The van der Waals surface area contributed by atoms with Gasteiger partial charge in [-0.25, -0.2) is 14.6 Å². The van der Waals surface area contributed by atoms with Gasteiger partial charge in [-0.1, -0.05) is 31.5 Å². The lowest BCUT2D eigenvalue weighted by atomic mass is 10.0. The topological polar surface area (TPSA) is 80.9 Å². The van der Waals surface area contributed by atoms with Gasteiger partial charge in [0.2, 0.25) is 0 Å². The molecule has 8 heteroatoms. The summed E-state index contributed by atoms with van der Waals surface area (Å²) in [5, 5.41) is 8.29. The lowest BCUT2D eigenvalue weighted by Crippen LogP contribution is -2.24. The number of pyridine rings is 1. The summed E-state index contributed by atoms with van der Waals surface area (Å²) in [5.74, 6) is 0.627. The van der Waals surface area contributed by atoms with Crippen LogP contribution in [0.3, 0.4) is 0 Å². The Hall–Kier alpha value is -3.52. The number of hydrogen-bond donors (Lipinski definition) is 1. The number of carbonyl (C=O) groups excluding carboxylic acids is 1. The highest BCUT2D eigenvalue weighted by molar-refractivity contribution is 6.06. The molecule has 0 radical (unpaired) electrons. The fourth-order valence-electron chi connectivity index (χ4n) is 4.20. The monoisotopic (exact) mass is 473 g/mol. The number of fused-ring (bicyclic) bond motifs is 1. The van der Waals surface area contributed by atoms with Crippen molar-refractivity contribution < 1.29 is 4.79 Å². The SMILES string of the molecule is CCCCN(C)Cc1cccc(-c2cc(C(=O)NCc3nccn3C)c3cnn(C(C)C)c3n2)c1. The Labute approximate surface area is 207 Å². The number of hydrogen-bond acceptors (Lipinski definition) is 5. The number of nitrogens with one attached hydrogen (secondary N) is 1. The van der Waals surface area contributed by atoms with E-state index in [9.17, 15) is 4.79 Å². The summed E-state index contributed by atoms with van der Waals surface area (Å²) >= 11 is 0. The summed E-state index contributed by atoms with van der Waals surface area (Å²) in [5.41, 5.74) is 4.26. The van der Waals surface area contributed by atoms with Crippen LogP contribution in [0.4, 0.5) is 0 Å². The van der Waals surface area contributed by atoms with Gasteiger partial charge in [0.05, 0.1) is 29.4 Å². The Morgan fingerprint density at radius 2 is 2.06 bits per heavy atom. The van der Waals surface area contributed by atoms with Crippen molar-refractivity contribution in [2.75, 3.05) is 13.6 Å². The molecular weight excluding hydrogens is 438 g/mol. The molecule has 0 spiro atoms. The van der Waals surface area contributed by atoms with E-state index >= 15 is 0 Å². The molecule has 0 saturated heterocycles. The van der Waals surface area contributed by atoms with Crippen molar-refractivity contribution in [3.63, 3.8) is 0 Å². The Morgan fingerprint density at radius 3 is 2.77 bits per heavy atom. The van der Waals surface area contributed by atoms with Gasteiger partial charge in [0.1, 0.15) is 5.82 Å². The highest BCUT2D eigenvalue weighted by Crippen LogP contribution is 2.27. The molecule has 0 aliphatic rings. The Morgan fingerprint density at radius 1 is 1.23 bits per heavy atom. The number of imidazole rings is 1. The Balaban J connectivity index is 1.69. The van der Waals surface area contributed by atoms with E-state index in [-0.39, 0.29) is 11.9 Å². The predicted molar refractivity (Wildman–Crippen MR) is 139 cm³/mol. The Kier molecular flexibility index (Phi) is 7.60. The molecule has 0 fully saturated rings. The number of rotatable bonds is 10. The van der Waals surface area contributed by atoms with Gasteiger partial charge in [-0.2, -0.15) is 5.10 Å². The first-order chi connectivity index (χ1) is 16.9. The molecule has 0 saturated carbocycles. The van der Waals surface area contributed by atoms with Crippen LogP contribution in [0.1, 0.15) is 61.4 Å². The molecule has 1 amide bonds. The van der Waals surface area contributed by atoms with Gasteiger partial charge in [-0.3, -0.25) is 4.79 Å². The molecule has 0 aliphatic heterocycles. The summed E-state index contributed by atoms with van der Waals surface area (Å²) in [6, 6.07) is 10.4. The van der Waals surface area contributed by atoms with E-state index in [1.54, 1.807) is 12.4 Å². The van der Waals surface area contributed by atoms with Gasteiger partial charge in [0, 0.05) is 37.6 Å². The van der Waals surface area contributed by atoms with Crippen LogP contribution in [0, 0.1) is 0 Å². The molecule has 0 bridgehead atoms. The first-order valence-corrected chi connectivity index (χ1v) is 12.3. The van der Waals surface area contributed by atoms with Gasteiger partial charge in [0.25, 0.3) is 5.91 Å². The third kappa shape index (κ3) is 5.59. The number of benzene rings is 1. The molecule has 1 N–H and O–H groups in total. The lowest BCUT2D eigenvalue weighted by molar-refractivity contribution is 0.0951. The fraction of sp³-hybridized carbons (Fsp3) is 0.407. The smallest absolute Gasteiger partial charge is 0.252 e. The lowest BCUT2D eigenvalue weighted by Gasteiger charge is -2.17. The van der Waals surface area contributed by atoms with Crippen molar-refractivity contribution in [2.24, 2.45) is 7.05 Å². The first kappa shape index (κ1) is 24.6. The summed E-state index contributed by atoms with van der Waals surface area (Å²) in [6.07, 6.45) is 7.70.